The molecule has 0 radical (unpaired) electrons. The van der Waals surface area contributed by atoms with Crippen LogP contribution in [0.5, 0.6) is 0 Å². The van der Waals surface area contributed by atoms with E-state index in [0.717, 1.165) is 31.4 Å². The molecule has 1 heterocycles. The molecule has 9 heteroatoms. The minimum absolute atomic E-state index is 0.00896. The van der Waals surface area contributed by atoms with E-state index >= 15 is 0 Å². The van der Waals surface area contributed by atoms with Crippen molar-refractivity contribution in [1.29, 1.82) is 0 Å². The Bertz CT molecular complexity index is 578. The van der Waals surface area contributed by atoms with Gasteiger partial charge in [-0.05, 0) is 0 Å². The van der Waals surface area contributed by atoms with Crippen molar-refractivity contribution >= 4 is 30.1 Å². The van der Waals surface area contributed by atoms with Crippen molar-refractivity contribution in [3.8, 4) is 0 Å². The molecular formula is C16H29AsN3O4P. The number of aromatic nitrogens is 2. The number of aliphatic hydroxyl groups is 1. The van der Waals surface area contributed by atoms with Gasteiger partial charge in [-0.25, -0.2) is 0 Å². The van der Waals surface area contributed by atoms with Crippen LogP contribution in [0.3, 0.4) is 0 Å². The second-order valence-electron chi connectivity index (χ2n) is 6.99. The fourth-order valence-electron chi connectivity index (χ4n) is 3.31. The Labute approximate surface area is 157 Å². The molecule has 0 saturated heterocycles. The Morgan fingerprint density at radius 2 is 2.16 bits per heavy atom. The normalized spacial score (nSPS) is 20.6. The second kappa shape index (κ2) is 9.91. The quantitative estimate of drug-likeness (QED) is 0.338. The van der Waals surface area contributed by atoms with Crippen molar-refractivity contribution in [2.24, 2.45) is 5.92 Å². The Morgan fingerprint density at radius 3 is 2.80 bits per heavy atom. The van der Waals surface area contributed by atoms with Gasteiger partial charge in [-0.15, -0.1) is 0 Å². The van der Waals surface area contributed by atoms with Crippen LogP contribution in [0.1, 0.15) is 37.8 Å². The van der Waals surface area contributed by atoms with Gasteiger partial charge in [-0.3, -0.25) is 0 Å². The van der Waals surface area contributed by atoms with Crippen molar-refractivity contribution in [3.05, 3.63) is 18.2 Å². The number of carbonyl (C=O) groups excluding carboxylic acids is 1. The first-order valence-electron chi connectivity index (χ1n) is 8.85. The summed E-state index contributed by atoms with van der Waals surface area (Å²) in [6, 6.07) is 0. The molecule has 4 atom stereocenters. The van der Waals surface area contributed by atoms with Gasteiger partial charge in [0.2, 0.25) is 0 Å². The molecule has 4 N–H and O–H groups in total. The van der Waals surface area contributed by atoms with Gasteiger partial charge >= 0.3 is 157 Å². The van der Waals surface area contributed by atoms with Crippen LogP contribution in [0.4, 0.5) is 0 Å². The first kappa shape index (κ1) is 20.7. The van der Waals surface area contributed by atoms with E-state index in [-0.39, 0.29) is 29.5 Å². The van der Waals surface area contributed by atoms with Crippen LogP contribution in [0.25, 0.3) is 0 Å². The van der Waals surface area contributed by atoms with Gasteiger partial charge in [0.1, 0.15) is 0 Å². The van der Waals surface area contributed by atoms with Crippen molar-refractivity contribution in [2.75, 3.05) is 18.9 Å². The molecule has 2 rings (SSSR count). The predicted octanol–water partition coefficient (Wildman–Crippen LogP) is 0.702. The van der Waals surface area contributed by atoms with E-state index in [9.17, 15) is 19.4 Å². The third-order valence-corrected chi connectivity index (χ3v) is 7.81. The Morgan fingerprint density at radius 1 is 1.44 bits per heavy atom. The van der Waals surface area contributed by atoms with Crippen LogP contribution in [0.2, 0.25) is 4.71 Å². The average Bonchev–Trinajstić information content (AvgIpc) is 3.05. The molecule has 1 amide bonds. The van der Waals surface area contributed by atoms with E-state index < -0.39 is 13.5 Å². The molecule has 2 unspecified atom stereocenters. The summed E-state index contributed by atoms with van der Waals surface area (Å²) in [6.07, 6.45) is 8.47. The van der Waals surface area contributed by atoms with Crippen molar-refractivity contribution in [1.82, 2.24) is 15.3 Å². The number of aliphatic hydroxyl groups excluding tert-OH is 1. The standard InChI is InChI=1S/C16H29AsN3O4P/c17-15(6-13-7-18-11-20-13)16(22)19-8-14(21)10-25(23,24)9-12-4-2-1-3-5-12/h7,11-12,14-15,21H,1-6,8-10,17H2,(H,18,20)(H,19,22)(H,23,24)/t14-,15-/m0/s1. The molecule has 0 bridgehead atoms. The van der Waals surface area contributed by atoms with Crippen LogP contribution in [-0.2, 0) is 15.8 Å². The molecule has 0 aliphatic heterocycles. The maximum absolute atomic E-state index is 12.4. The monoisotopic (exact) mass is 433 g/mol. The summed E-state index contributed by atoms with van der Waals surface area (Å²) in [6.45, 7) is 0.00896. The summed E-state index contributed by atoms with van der Waals surface area (Å²) >= 11 is 1.29. The summed E-state index contributed by atoms with van der Waals surface area (Å²) in [4.78, 5) is 29.2. The molecule has 0 aromatic carbocycles. The van der Waals surface area contributed by atoms with Gasteiger partial charge < -0.3 is 0 Å². The Kier molecular flexibility index (Phi) is 8.21. The Balaban J connectivity index is 1.70. The zero-order valence-electron chi connectivity index (χ0n) is 14.4. The van der Waals surface area contributed by atoms with Gasteiger partial charge in [0.25, 0.3) is 0 Å². The van der Waals surface area contributed by atoms with Crippen molar-refractivity contribution in [2.45, 2.75) is 49.3 Å². The van der Waals surface area contributed by atoms with Crippen LogP contribution in [0.15, 0.2) is 12.5 Å². The van der Waals surface area contributed by atoms with Crippen LogP contribution < -0.4 is 5.32 Å². The van der Waals surface area contributed by atoms with Gasteiger partial charge in [0.05, 0.1) is 0 Å². The molecule has 1 aromatic heterocycles. The van der Waals surface area contributed by atoms with E-state index in [1.807, 2.05) is 0 Å². The average molecular weight is 433 g/mol. The molecule has 7 nitrogen and oxygen atoms in total. The van der Waals surface area contributed by atoms with Crippen LogP contribution in [0, 0.1) is 5.92 Å². The number of amides is 1. The molecule has 1 aromatic rings. The van der Waals surface area contributed by atoms with Crippen LogP contribution >= 0.6 is 7.37 Å². The summed E-state index contributed by atoms with van der Waals surface area (Å²) < 4.78 is 12.1. The third-order valence-electron chi connectivity index (χ3n) is 4.60. The minimum atomic E-state index is -3.36. The number of nitrogens with zero attached hydrogens (tertiary/aromatic N) is 1. The van der Waals surface area contributed by atoms with E-state index in [0.29, 0.717) is 12.3 Å². The molecule has 0 spiro atoms. The first-order valence-corrected chi connectivity index (χ1v) is 12.3. The predicted molar refractivity (Wildman–Crippen MR) is 99.7 cm³/mol. The topological polar surface area (TPSA) is 115 Å². The molecule has 1 aliphatic carbocycles. The summed E-state index contributed by atoms with van der Waals surface area (Å²) in [5.41, 5.74) is 0.817. The molecular weight excluding hydrogens is 404 g/mol. The fraction of sp³-hybridized carbons (Fsp3) is 0.750. The summed E-state index contributed by atoms with van der Waals surface area (Å²) in [7, 11) is -3.36. The zero-order valence-corrected chi connectivity index (χ0v) is 17.8. The first-order chi connectivity index (χ1) is 11.9. The number of carbonyl (C=O) groups is 1. The van der Waals surface area contributed by atoms with Crippen LogP contribution in [-0.4, -0.2) is 67.7 Å². The summed E-state index contributed by atoms with van der Waals surface area (Å²) in [5, 5.41) is 12.7. The fourth-order valence-corrected chi connectivity index (χ4v) is 6.17. The van der Waals surface area contributed by atoms with Crippen molar-refractivity contribution < 1.29 is 19.4 Å². The number of aromatic amines is 1. The molecule has 1 aliphatic rings. The number of imidazole rings is 1. The number of hydrogen-bond acceptors (Lipinski definition) is 4. The van der Waals surface area contributed by atoms with E-state index in [1.165, 1.54) is 23.3 Å². The number of nitrogens with one attached hydrogen (secondary N) is 2. The number of rotatable bonds is 9. The van der Waals surface area contributed by atoms with E-state index in [4.69, 9.17) is 0 Å². The SMILES string of the molecule is O=C(NC[C@H](O)CP(=O)(O)CC1CCCCC1)[C@@H]([AsH2])Cc1c[nH]cn1. The zero-order chi connectivity index (χ0) is 18.3. The van der Waals surface area contributed by atoms with Gasteiger partial charge in [0.15, 0.2) is 0 Å². The van der Waals surface area contributed by atoms with Gasteiger partial charge in [-0.1, -0.05) is 0 Å². The van der Waals surface area contributed by atoms with E-state index in [1.54, 1.807) is 12.5 Å². The maximum atomic E-state index is 12.4. The summed E-state index contributed by atoms with van der Waals surface area (Å²) in [5.74, 6) is 0.130. The van der Waals surface area contributed by atoms with Gasteiger partial charge in [0, 0.05) is 0 Å². The Hall–Kier alpha value is -0.612. The van der Waals surface area contributed by atoms with E-state index in [2.05, 4.69) is 15.3 Å². The third kappa shape index (κ3) is 7.65. The second-order valence-corrected chi connectivity index (χ2v) is 11.1. The molecule has 142 valence electrons. The number of H-pyrrole nitrogens is 1. The number of hydrogen-bond donors (Lipinski definition) is 4. The van der Waals surface area contributed by atoms with Gasteiger partial charge in [-0.2, -0.15) is 0 Å². The molecule has 1 saturated carbocycles. The molecule has 1 fully saturated rings. The van der Waals surface area contributed by atoms with Crippen molar-refractivity contribution in [3.63, 3.8) is 0 Å². The molecule has 25 heavy (non-hydrogen) atoms.